The van der Waals surface area contributed by atoms with Crippen LogP contribution in [0.4, 0.5) is 0 Å². The predicted molar refractivity (Wildman–Crippen MR) is 193 cm³/mol. The van der Waals surface area contributed by atoms with Crippen LogP contribution >= 0.6 is 15.3 Å². The highest BCUT2D eigenvalue weighted by Gasteiger charge is 2.45. The summed E-state index contributed by atoms with van der Waals surface area (Å²) in [7, 11) is -1.58. The topological polar surface area (TPSA) is 17.1 Å². The zero-order valence-corrected chi connectivity index (χ0v) is 32.3. The SMILES string of the molecule is CC(C)(C)c1cc(C(C)(C)C)c(P=C2CCP2(=O)c2c(C(C)(C)C)cc(C(C)(C)C)cc2C(C)(C)C)c(C(C)(C)C)c1. The second-order valence-corrected chi connectivity index (χ2v) is 23.6. The van der Waals surface area contributed by atoms with E-state index in [0.29, 0.717) is 0 Å². The number of benzene rings is 2. The summed E-state index contributed by atoms with van der Waals surface area (Å²) >= 11 is 0. The fraction of sp³-hybridized carbons (Fsp3) is 0.667. The van der Waals surface area contributed by atoms with E-state index in [0.717, 1.165) is 20.8 Å². The highest BCUT2D eigenvalue weighted by Crippen LogP contribution is 2.61. The van der Waals surface area contributed by atoms with Crippen molar-refractivity contribution in [3.8, 4) is 0 Å². The van der Waals surface area contributed by atoms with Gasteiger partial charge in [-0.25, -0.2) is 0 Å². The van der Waals surface area contributed by atoms with Crippen LogP contribution in [0.3, 0.4) is 0 Å². The van der Waals surface area contributed by atoms with E-state index >= 15 is 4.57 Å². The quantitative estimate of drug-likeness (QED) is 0.310. The molecule has 2 aromatic carbocycles. The van der Waals surface area contributed by atoms with E-state index in [1.807, 2.05) is 0 Å². The summed E-state index contributed by atoms with van der Waals surface area (Å²) in [5.74, 6) is 0. The van der Waals surface area contributed by atoms with Gasteiger partial charge in [0.15, 0.2) is 0 Å². The second-order valence-electron chi connectivity index (χ2n) is 19.1. The van der Waals surface area contributed by atoms with Gasteiger partial charge in [0.05, 0.1) is 0 Å². The van der Waals surface area contributed by atoms with E-state index in [1.54, 1.807) is 0 Å². The molecule has 1 unspecified atom stereocenters. The molecule has 1 fully saturated rings. The number of hydrogen-bond donors (Lipinski definition) is 0. The lowest BCUT2D eigenvalue weighted by molar-refractivity contribution is 0.549. The van der Waals surface area contributed by atoms with E-state index in [2.05, 4.69) is 149 Å². The summed E-state index contributed by atoms with van der Waals surface area (Å²) in [6.07, 6.45) is 1.73. The fourth-order valence-electron chi connectivity index (χ4n) is 5.85. The highest BCUT2D eigenvalue weighted by atomic mass is 31.2. The Labute approximate surface area is 262 Å². The lowest BCUT2D eigenvalue weighted by Gasteiger charge is -2.41. The molecule has 1 aliphatic heterocycles. The molecule has 0 radical (unpaired) electrons. The van der Waals surface area contributed by atoms with Gasteiger partial charge in [0.2, 0.25) is 0 Å². The largest absolute Gasteiger partial charge is 0.314 e. The predicted octanol–water partition coefficient (Wildman–Crippen LogP) is 11.3. The average Bonchev–Trinajstić information content (AvgIpc) is 2.76. The van der Waals surface area contributed by atoms with Crippen LogP contribution in [0.1, 0.15) is 164 Å². The van der Waals surface area contributed by atoms with Gasteiger partial charge < -0.3 is 4.57 Å². The normalized spacial score (nSPS) is 20.2. The Morgan fingerprint density at radius 3 is 1.05 bits per heavy atom. The van der Waals surface area contributed by atoms with Crippen LogP contribution in [0.5, 0.6) is 0 Å². The lowest BCUT2D eigenvalue weighted by atomic mass is 9.75. The first kappa shape index (κ1) is 35.3. The molecule has 0 saturated carbocycles. The average molecular weight is 609 g/mol. The Balaban J connectivity index is 2.48. The van der Waals surface area contributed by atoms with Gasteiger partial charge in [0.1, 0.15) is 7.14 Å². The highest BCUT2D eigenvalue weighted by molar-refractivity contribution is 7.97. The molecule has 0 bridgehead atoms. The van der Waals surface area contributed by atoms with E-state index in [9.17, 15) is 0 Å². The van der Waals surface area contributed by atoms with Gasteiger partial charge in [-0.05, 0) is 72.3 Å². The van der Waals surface area contributed by atoms with Crippen LogP contribution in [0.2, 0.25) is 0 Å². The molecule has 1 saturated heterocycles. The standard InChI is InChI=1S/C39H62OP2/c1-34(2,3)25-21-27(36(7,8)9)32(28(22-25)37(10,11)12)41-31-19-20-42(31,40)33-29(38(13,14)15)23-26(35(4,5)6)24-30(33)39(16,17)18/h21-24H,19-20H2,1-18H3. The van der Waals surface area contributed by atoms with Crippen molar-refractivity contribution in [3.63, 3.8) is 0 Å². The van der Waals surface area contributed by atoms with Crippen molar-refractivity contribution >= 4 is 31.0 Å². The molecule has 3 heteroatoms. The van der Waals surface area contributed by atoms with Crippen LogP contribution < -0.4 is 10.6 Å². The van der Waals surface area contributed by atoms with E-state index < -0.39 is 7.14 Å². The molecule has 0 aromatic heterocycles. The second kappa shape index (κ2) is 10.7. The summed E-state index contributed by atoms with van der Waals surface area (Å²) in [6, 6.07) is 9.72. The van der Waals surface area contributed by atoms with Gasteiger partial charge in [-0.1, -0.05) is 157 Å². The van der Waals surface area contributed by atoms with Crippen molar-refractivity contribution in [2.45, 2.75) is 164 Å². The molecule has 234 valence electrons. The van der Waals surface area contributed by atoms with Crippen molar-refractivity contribution in [2.24, 2.45) is 0 Å². The van der Waals surface area contributed by atoms with Crippen molar-refractivity contribution in [2.75, 3.05) is 6.16 Å². The number of hydrogen-bond acceptors (Lipinski definition) is 1. The molecular weight excluding hydrogens is 546 g/mol. The summed E-state index contributed by atoms with van der Waals surface area (Å²) in [5.41, 5.74) is 7.96. The molecule has 0 spiro atoms. The first-order valence-corrected chi connectivity index (χ1v) is 18.8. The number of rotatable bonds is 2. The summed E-state index contributed by atoms with van der Waals surface area (Å²) in [4.78, 5) is 0. The molecular formula is C39H62OP2. The first-order valence-electron chi connectivity index (χ1n) is 16.1. The zero-order chi connectivity index (χ0) is 32.6. The molecule has 3 rings (SSSR count). The Hall–Kier alpha value is -1.16. The maximum atomic E-state index is 15.6. The van der Waals surface area contributed by atoms with Crippen molar-refractivity contribution in [3.05, 3.63) is 57.6 Å². The van der Waals surface area contributed by atoms with Crippen LogP contribution in [0, 0.1) is 0 Å². The minimum atomic E-state index is -2.75. The van der Waals surface area contributed by atoms with Gasteiger partial charge in [-0.15, -0.1) is 0 Å². The smallest absolute Gasteiger partial charge is 0.144 e. The first-order chi connectivity index (χ1) is 18.5. The Kier molecular flexibility index (Phi) is 9.02. The third kappa shape index (κ3) is 7.05. The zero-order valence-electron chi connectivity index (χ0n) is 30.5. The minimum absolute atomic E-state index is 0.0145. The van der Waals surface area contributed by atoms with Gasteiger partial charge in [0, 0.05) is 21.8 Å². The van der Waals surface area contributed by atoms with E-state index in [1.165, 1.54) is 49.0 Å². The Morgan fingerprint density at radius 1 is 0.500 bits per heavy atom. The van der Waals surface area contributed by atoms with E-state index in [4.69, 9.17) is 0 Å². The van der Waals surface area contributed by atoms with Crippen molar-refractivity contribution < 1.29 is 4.57 Å². The molecule has 0 amide bonds. The van der Waals surface area contributed by atoms with Crippen LogP contribution in [0.25, 0.3) is 0 Å². The van der Waals surface area contributed by atoms with Crippen LogP contribution in [-0.2, 0) is 37.1 Å². The molecule has 2 aromatic rings. The van der Waals surface area contributed by atoms with Gasteiger partial charge in [-0.3, -0.25) is 0 Å². The van der Waals surface area contributed by atoms with Crippen LogP contribution in [-0.4, -0.2) is 11.2 Å². The third-order valence-corrected chi connectivity index (χ3v) is 14.4. The van der Waals surface area contributed by atoms with Crippen molar-refractivity contribution in [1.82, 2.24) is 0 Å². The maximum absolute atomic E-state index is 15.6. The summed E-state index contributed by atoms with van der Waals surface area (Å²) in [6.45, 7) is 41.7. The Morgan fingerprint density at radius 2 is 0.810 bits per heavy atom. The summed E-state index contributed by atoms with van der Waals surface area (Å²) in [5, 5.41) is 3.81. The van der Waals surface area contributed by atoms with E-state index in [-0.39, 0.29) is 32.5 Å². The molecule has 1 heterocycles. The molecule has 0 N–H and O–H groups in total. The Bertz CT molecular complexity index is 1360. The summed E-state index contributed by atoms with van der Waals surface area (Å²) < 4.78 is 15.6. The lowest BCUT2D eigenvalue weighted by Crippen LogP contribution is -2.38. The molecule has 0 aliphatic carbocycles. The minimum Gasteiger partial charge on any atom is -0.314 e. The van der Waals surface area contributed by atoms with Crippen molar-refractivity contribution in [1.29, 1.82) is 0 Å². The maximum Gasteiger partial charge on any atom is 0.144 e. The molecule has 1 nitrogen and oxygen atoms in total. The van der Waals surface area contributed by atoms with Gasteiger partial charge >= 0.3 is 0 Å². The molecule has 1 atom stereocenters. The third-order valence-electron chi connectivity index (χ3n) is 8.85. The van der Waals surface area contributed by atoms with Crippen LogP contribution in [0.15, 0.2) is 24.3 Å². The monoisotopic (exact) mass is 608 g/mol. The molecule has 1 aliphatic rings. The fourth-order valence-corrected chi connectivity index (χ4v) is 12.0. The molecule has 42 heavy (non-hydrogen) atoms. The van der Waals surface area contributed by atoms with Gasteiger partial charge in [-0.2, -0.15) is 0 Å². The van der Waals surface area contributed by atoms with Gasteiger partial charge in [0.25, 0.3) is 0 Å².